The van der Waals surface area contributed by atoms with Crippen LogP contribution in [-0.4, -0.2) is 41.9 Å². The fourth-order valence-corrected chi connectivity index (χ4v) is 5.04. The van der Waals surface area contributed by atoms with Gasteiger partial charge in [-0.2, -0.15) is 5.10 Å². The number of aryl methyl sites for hydroxylation is 1. The number of ether oxygens (including phenoxy) is 1. The second kappa shape index (κ2) is 11.3. The van der Waals surface area contributed by atoms with Crippen molar-refractivity contribution in [2.75, 3.05) is 6.26 Å². The molecule has 0 atom stereocenters. The first kappa shape index (κ1) is 29.4. The predicted octanol–water partition coefficient (Wildman–Crippen LogP) is 4.90. The van der Waals surface area contributed by atoms with Gasteiger partial charge in [-0.05, 0) is 65.7 Å². The Morgan fingerprint density at radius 2 is 1.72 bits per heavy atom. The quantitative estimate of drug-likeness (QED) is 0.261. The fourth-order valence-electron chi connectivity index (χ4n) is 4.38. The van der Waals surface area contributed by atoms with Crippen LogP contribution < -0.4 is 15.2 Å². The average molecular weight is 612 g/mol. The molecule has 5 aromatic rings. The Bertz CT molecular complexity index is 1920. The molecule has 0 bridgehead atoms. The number of carbonyl (C=O) groups is 1. The summed E-state index contributed by atoms with van der Waals surface area (Å²) < 4.78 is 74.0. The third kappa shape index (κ3) is 6.86. The molecule has 3 aromatic carbocycles. The summed E-state index contributed by atoms with van der Waals surface area (Å²) in [5.74, 6) is 0.138. The zero-order valence-electron chi connectivity index (χ0n) is 22.5. The minimum atomic E-state index is -4.85. The van der Waals surface area contributed by atoms with E-state index in [9.17, 15) is 31.5 Å². The van der Waals surface area contributed by atoms with Crippen LogP contribution in [0, 0.1) is 6.92 Å². The molecule has 0 saturated heterocycles. The van der Waals surface area contributed by atoms with Crippen molar-refractivity contribution in [3.63, 3.8) is 0 Å². The highest BCUT2D eigenvalue weighted by molar-refractivity contribution is 7.90. The normalized spacial score (nSPS) is 11.8. The van der Waals surface area contributed by atoms with Gasteiger partial charge in [0.25, 0.3) is 0 Å². The Morgan fingerprint density at radius 3 is 2.40 bits per heavy atom. The molecule has 10 nitrogen and oxygen atoms in total. The van der Waals surface area contributed by atoms with E-state index >= 15 is 0 Å². The van der Waals surface area contributed by atoms with Gasteiger partial charge in [0.1, 0.15) is 17.5 Å². The molecule has 0 radical (unpaired) electrons. The lowest BCUT2D eigenvalue weighted by Gasteiger charge is -2.13. The third-order valence-corrected chi connectivity index (χ3v) is 7.35. The Kier molecular flexibility index (Phi) is 7.71. The number of carboxylic acid groups (broad SMARTS) is 1. The molecule has 1 N–H and O–H groups in total. The summed E-state index contributed by atoms with van der Waals surface area (Å²) in [6.07, 6.45) is -3.58. The highest BCUT2D eigenvalue weighted by Gasteiger charge is 2.31. The molecule has 0 aliphatic rings. The summed E-state index contributed by atoms with van der Waals surface area (Å²) in [5, 5.41) is 17.4. The molecule has 0 spiro atoms. The monoisotopic (exact) mass is 611 g/mol. The van der Waals surface area contributed by atoms with Gasteiger partial charge >= 0.3 is 6.36 Å². The van der Waals surface area contributed by atoms with Crippen molar-refractivity contribution in [1.82, 2.24) is 20.1 Å². The van der Waals surface area contributed by atoms with E-state index in [1.165, 1.54) is 28.9 Å². The second-order valence-corrected chi connectivity index (χ2v) is 11.4. The summed E-state index contributed by atoms with van der Waals surface area (Å²) in [5.41, 5.74) is 3.36. The van der Waals surface area contributed by atoms with Gasteiger partial charge in [0, 0.05) is 30.5 Å². The van der Waals surface area contributed by atoms with Crippen LogP contribution in [0.3, 0.4) is 0 Å². The van der Waals surface area contributed by atoms with Gasteiger partial charge in [0.05, 0.1) is 22.8 Å². The number of alkyl halides is 3. The number of amides is 1. The molecule has 5 rings (SSSR count). The van der Waals surface area contributed by atoms with Crippen molar-refractivity contribution < 1.29 is 40.6 Å². The number of nitrogens with one attached hydrogen (secondary N) is 1. The molecule has 2 aromatic heterocycles. The summed E-state index contributed by atoms with van der Waals surface area (Å²) in [6, 6.07) is 18.4. The van der Waals surface area contributed by atoms with E-state index in [1.54, 1.807) is 49.5 Å². The number of rotatable bonds is 8. The Labute approximate surface area is 243 Å². The summed E-state index contributed by atoms with van der Waals surface area (Å²) in [4.78, 5) is 15.4. The number of aromatic nitrogens is 3. The molecule has 14 heteroatoms. The number of halogens is 3. The van der Waals surface area contributed by atoms with Crippen molar-refractivity contribution in [3.8, 4) is 45.1 Å². The molecule has 0 saturated carbocycles. The number of carbonyl (C=O) groups excluding carboxylic acids is 1. The molecule has 2 heterocycles. The molecule has 1 amide bonds. The van der Waals surface area contributed by atoms with Crippen LogP contribution in [0.2, 0.25) is 0 Å². The zero-order chi connectivity index (χ0) is 30.9. The lowest BCUT2D eigenvalue weighted by atomic mass is 9.98. The molecule has 0 unspecified atom stereocenters. The van der Waals surface area contributed by atoms with Gasteiger partial charge in [-0.25, -0.2) is 18.1 Å². The third-order valence-electron chi connectivity index (χ3n) is 6.24. The van der Waals surface area contributed by atoms with E-state index in [1.807, 2.05) is 0 Å². The van der Waals surface area contributed by atoms with Crippen LogP contribution in [0.4, 0.5) is 18.0 Å². The van der Waals surface area contributed by atoms with Crippen molar-refractivity contribution >= 4 is 15.9 Å². The largest absolute Gasteiger partial charge is 0.573 e. The first-order valence-electron chi connectivity index (χ1n) is 12.5. The zero-order valence-corrected chi connectivity index (χ0v) is 23.4. The first-order valence-corrected chi connectivity index (χ1v) is 14.4. The first-order chi connectivity index (χ1) is 20.3. The maximum absolute atomic E-state index is 12.7. The van der Waals surface area contributed by atoms with Crippen molar-refractivity contribution in [3.05, 3.63) is 90.6 Å². The maximum Gasteiger partial charge on any atom is 0.573 e. The number of sulfone groups is 1. The highest BCUT2D eigenvalue weighted by atomic mass is 32.2. The summed E-state index contributed by atoms with van der Waals surface area (Å²) in [6.45, 7) is 1.52. The molecule has 43 heavy (non-hydrogen) atoms. The number of hydrogen-bond donors (Lipinski definition) is 1. The van der Waals surface area contributed by atoms with Crippen LogP contribution in [0.1, 0.15) is 11.6 Å². The number of oxazole rings is 1. The van der Waals surface area contributed by atoms with Crippen LogP contribution in [0.15, 0.2) is 88.3 Å². The minimum Gasteiger partial charge on any atom is -0.530 e. The lowest BCUT2D eigenvalue weighted by molar-refractivity contribution is -0.274. The van der Waals surface area contributed by atoms with Gasteiger partial charge in [-0.15, -0.1) is 13.2 Å². The summed E-state index contributed by atoms with van der Waals surface area (Å²) >= 11 is 0. The molecule has 0 aliphatic heterocycles. The SMILES string of the molecule is Cc1nc(-c2ccc(OC(F)(F)F)cc2)c(-c2cc(-c3cccc(S(C)(=O)=O)c3)ccc2-n2ccc(CNC(=O)[O-])n2)o1. The maximum atomic E-state index is 12.7. The number of benzene rings is 3. The lowest BCUT2D eigenvalue weighted by Crippen LogP contribution is -2.35. The van der Waals surface area contributed by atoms with Gasteiger partial charge in [0.2, 0.25) is 0 Å². The topological polar surface area (TPSA) is 139 Å². The smallest absolute Gasteiger partial charge is 0.530 e. The molecular formula is C29H22F3N4O6S-. The van der Waals surface area contributed by atoms with Crippen molar-refractivity contribution in [2.24, 2.45) is 0 Å². The van der Waals surface area contributed by atoms with Crippen LogP contribution in [0.25, 0.3) is 39.4 Å². The molecule has 0 aliphatic carbocycles. The van der Waals surface area contributed by atoms with E-state index in [-0.39, 0.29) is 23.1 Å². The highest BCUT2D eigenvalue weighted by Crippen LogP contribution is 2.39. The Hall–Kier alpha value is -5.11. The molecule has 222 valence electrons. The van der Waals surface area contributed by atoms with Gasteiger partial charge in [-0.3, -0.25) is 0 Å². The standard InChI is InChI=1S/C29H23F3N4O6S/c1-17-34-26(18-6-9-22(10-7-18)42-29(30,31)32)27(41-17)24-15-20(19-4-3-5-23(14-19)43(2,39)40)8-11-25(24)36-13-12-21(35-36)16-33-28(37)38/h3-15,33H,16H2,1-2H3,(H,37,38)/p-1. The van der Waals surface area contributed by atoms with Gasteiger partial charge in [-0.1, -0.05) is 18.2 Å². The van der Waals surface area contributed by atoms with Crippen LogP contribution in [0.5, 0.6) is 5.75 Å². The van der Waals surface area contributed by atoms with E-state index in [2.05, 4.69) is 20.1 Å². The van der Waals surface area contributed by atoms with Gasteiger partial charge in [0.15, 0.2) is 21.5 Å². The van der Waals surface area contributed by atoms with E-state index in [0.717, 1.165) is 18.4 Å². The predicted molar refractivity (Wildman–Crippen MR) is 147 cm³/mol. The van der Waals surface area contributed by atoms with Crippen molar-refractivity contribution in [1.29, 1.82) is 0 Å². The van der Waals surface area contributed by atoms with E-state index in [0.29, 0.717) is 39.3 Å². The fraction of sp³-hybridized carbons (Fsp3) is 0.138. The van der Waals surface area contributed by atoms with Gasteiger partial charge < -0.3 is 24.4 Å². The number of nitrogens with zero attached hydrogens (tertiary/aromatic N) is 3. The van der Waals surface area contributed by atoms with Crippen LogP contribution in [-0.2, 0) is 16.4 Å². The van der Waals surface area contributed by atoms with E-state index < -0.39 is 28.0 Å². The second-order valence-electron chi connectivity index (χ2n) is 9.41. The Morgan fingerprint density at radius 1 is 1.02 bits per heavy atom. The van der Waals surface area contributed by atoms with E-state index in [4.69, 9.17) is 4.42 Å². The summed E-state index contributed by atoms with van der Waals surface area (Å²) in [7, 11) is -3.49. The molecule has 0 fully saturated rings. The van der Waals surface area contributed by atoms with Crippen LogP contribution >= 0.6 is 0 Å². The molecular weight excluding hydrogens is 589 g/mol. The Balaban J connectivity index is 1.65. The minimum absolute atomic E-state index is 0.0972. The van der Waals surface area contributed by atoms with Crippen molar-refractivity contribution in [2.45, 2.75) is 24.7 Å². The average Bonchev–Trinajstić information content (AvgIpc) is 3.57. The number of hydrogen-bond acceptors (Lipinski definition) is 8.